The van der Waals surface area contributed by atoms with Crippen molar-refractivity contribution in [3.8, 4) is 0 Å². The molecule has 2 aromatic carbocycles. The molecule has 0 fully saturated rings. The minimum Gasteiger partial charge on any atom is -0.388 e. The second kappa shape index (κ2) is 33.6. The van der Waals surface area contributed by atoms with Crippen molar-refractivity contribution in [3.05, 3.63) is 119 Å². The van der Waals surface area contributed by atoms with Gasteiger partial charge >= 0.3 is 0 Å². The van der Waals surface area contributed by atoms with Crippen molar-refractivity contribution in [1.82, 2.24) is 25.9 Å². The molecule has 0 radical (unpaired) electrons. The van der Waals surface area contributed by atoms with Gasteiger partial charge in [-0.15, -0.1) is 0 Å². The first-order valence-electron chi connectivity index (χ1n) is 18.0. The van der Waals surface area contributed by atoms with Crippen LogP contribution in [0.4, 0.5) is 11.4 Å². The van der Waals surface area contributed by atoms with Gasteiger partial charge in [-0.05, 0) is 125 Å². The monoisotopic (exact) mass is 773 g/mol. The Morgan fingerprint density at radius 2 is 1.50 bits per heavy atom. The number of pyridine rings is 2. The first kappa shape index (κ1) is 52.1. The number of nitrogens with two attached hydrogens (primary N) is 2. The van der Waals surface area contributed by atoms with E-state index in [1.54, 1.807) is 18.6 Å². The molecule has 306 valence electrons. The van der Waals surface area contributed by atoms with E-state index in [4.69, 9.17) is 19.2 Å². The summed E-state index contributed by atoms with van der Waals surface area (Å²) in [5.74, 6) is 0.314. The molecule has 0 aliphatic rings. The number of carbonyl (C=O) groups excluding carboxylic acids is 5. The number of primary amides is 2. The van der Waals surface area contributed by atoms with Crippen molar-refractivity contribution >= 4 is 43.7 Å². The van der Waals surface area contributed by atoms with E-state index in [0.29, 0.717) is 17.5 Å². The molecular weight excluding hydrogens is 711 g/mol. The van der Waals surface area contributed by atoms with Crippen LogP contribution in [0.25, 0.3) is 0 Å². The second-order valence-corrected chi connectivity index (χ2v) is 12.1. The molecule has 4 aromatic rings. The fourth-order valence-corrected chi connectivity index (χ4v) is 5.10. The third-order valence-corrected chi connectivity index (χ3v) is 8.30. The standard InChI is InChI=1S/C32H46N6O.C6H7N.2CH3NO.2CH2O/c1-23(27-10-12-30(34-5)13-11-27)24(2)36-17-14-26-19-29(21-31(20-26)38(6)18-8-15-33-4)32(39)37-25(3)28-9-7-16-35-22-28;1-6-4-2-3-5-7-6;2*2-1-3;2*1-2/h7,9-13,16,19-25,33-34,36H,8,14-15,17-18H2,1-6H3,(H,37,39);2-5H,1H3;2*1H,(H2,2,3);2*1H2. The highest BCUT2D eigenvalue weighted by atomic mass is 16.2. The maximum absolute atomic E-state index is 13.3. The van der Waals surface area contributed by atoms with Crippen molar-refractivity contribution in [3.63, 3.8) is 0 Å². The average molecular weight is 774 g/mol. The predicted octanol–water partition coefficient (Wildman–Crippen LogP) is 4.21. The number of nitrogens with one attached hydrogen (secondary N) is 4. The number of amides is 3. The summed E-state index contributed by atoms with van der Waals surface area (Å²) < 4.78 is 0. The summed E-state index contributed by atoms with van der Waals surface area (Å²) in [6.07, 6.45) is 7.70. The lowest BCUT2D eigenvalue weighted by atomic mass is 9.94. The van der Waals surface area contributed by atoms with Crippen LogP contribution in [-0.4, -0.2) is 89.1 Å². The molecule has 8 N–H and O–H groups in total. The van der Waals surface area contributed by atoms with Crippen LogP contribution in [0.5, 0.6) is 0 Å². The largest absolute Gasteiger partial charge is 0.388 e. The first-order chi connectivity index (χ1) is 27.0. The Morgan fingerprint density at radius 1 is 0.857 bits per heavy atom. The number of carbonyl (C=O) groups is 5. The molecule has 14 heteroatoms. The van der Waals surface area contributed by atoms with Crippen LogP contribution in [-0.2, 0) is 25.6 Å². The van der Waals surface area contributed by atoms with Crippen LogP contribution in [0.3, 0.4) is 0 Å². The topological polar surface area (TPSA) is 215 Å². The van der Waals surface area contributed by atoms with Gasteiger partial charge in [-0.1, -0.05) is 31.2 Å². The van der Waals surface area contributed by atoms with Gasteiger partial charge in [-0.3, -0.25) is 24.4 Å². The molecule has 0 saturated heterocycles. The van der Waals surface area contributed by atoms with Gasteiger partial charge in [0, 0.05) is 67.9 Å². The molecule has 3 unspecified atom stereocenters. The molecular formula is C42H63N9O5. The Kier molecular flexibility index (Phi) is 31.2. The van der Waals surface area contributed by atoms with E-state index >= 15 is 0 Å². The van der Waals surface area contributed by atoms with Crippen LogP contribution >= 0.6 is 0 Å². The van der Waals surface area contributed by atoms with E-state index in [1.807, 2.05) is 84.0 Å². The summed E-state index contributed by atoms with van der Waals surface area (Å²) in [4.78, 5) is 56.9. The Labute approximate surface area is 333 Å². The van der Waals surface area contributed by atoms with E-state index in [9.17, 15) is 4.79 Å². The SMILES string of the molecule is C=O.C=O.CNCCCN(C)c1cc(CCNC(C)C(C)c2ccc(NC)cc2)cc(C(=O)NC(C)c2cccnc2)c1.Cc1ccccn1.NC=O.NC=O. The van der Waals surface area contributed by atoms with Crippen LogP contribution < -0.4 is 37.6 Å². The maximum Gasteiger partial charge on any atom is 0.251 e. The smallest absolute Gasteiger partial charge is 0.251 e. The summed E-state index contributed by atoms with van der Waals surface area (Å²) in [7, 11) is 6.00. The number of aryl methyl sites for hydroxylation is 1. The third kappa shape index (κ3) is 22.3. The molecule has 0 aliphatic heterocycles. The summed E-state index contributed by atoms with van der Waals surface area (Å²) in [5.41, 5.74) is 15.7. The highest BCUT2D eigenvalue weighted by Crippen LogP contribution is 2.23. The zero-order chi connectivity index (χ0) is 42.7. The van der Waals surface area contributed by atoms with Gasteiger partial charge in [0.25, 0.3) is 5.91 Å². The minimum absolute atomic E-state index is 0.0713. The number of rotatable bonds is 15. The molecule has 2 aromatic heterocycles. The van der Waals surface area contributed by atoms with Crippen LogP contribution in [0, 0.1) is 6.92 Å². The van der Waals surface area contributed by atoms with E-state index in [0.717, 1.165) is 60.7 Å². The predicted molar refractivity (Wildman–Crippen MR) is 228 cm³/mol. The van der Waals surface area contributed by atoms with E-state index < -0.39 is 0 Å². The van der Waals surface area contributed by atoms with Crippen molar-refractivity contribution < 1.29 is 24.0 Å². The minimum atomic E-state index is -0.127. The molecule has 14 nitrogen and oxygen atoms in total. The summed E-state index contributed by atoms with van der Waals surface area (Å²) in [6.45, 7) is 15.2. The van der Waals surface area contributed by atoms with Crippen molar-refractivity contribution in [2.24, 2.45) is 11.5 Å². The van der Waals surface area contributed by atoms with E-state index in [1.165, 1.54) is 5.56 Å². The van der Waals surface area contributed by atoms with Crippen LogP contribution in [0.2, 0.25) is 0 Å². The Morgan fingerprint density at radius 3 is 2.00 bits per heavy atom. The Balaban J connectivity index is 0. The molecule has 4 rings (SSSR count). The lowest BCUT2D eigenvalue weighted by Crippen LogP contribution is -2.32. The summed E-state index contributed by atoms with van der Waals surface area (Å²) >= 11 is 0. The number of hydrogen-bond donors (Lipinski definition) is 6. The van der Waals surface area contributed by atoms with Crippen LogP contribution in [0.15, 0.2) is 91.4 Å². The summed E-state index contributed by atoms with van der Waals surface area (Å²) in [6, 6.07) is 24.8. The van der Waals surface area contributed by atoms with Crippen molar-refractivity contribution in [2.45, 2.75) is 58.5 Å². The first-order valence-corrected chi connectivity index (χ1v) is 18.0. The fourth-order valence-electron chi connectivity index (χ4n) is 5.10. The van der Waals surface area contributed by atoms with Gasteiger partial charge in [0.1, 0.15) is 13.6 Å². The number of hydrogen-bond acceptors (Lipinski definition) is 11. The highest BCUT2D eigenvalue weighted by molar-refractivity contribution is 5.95. The van der Waals surface area contributed by atoms with Crippen molar-refractivity contribution in [2.75, 3.05) is 51.0 Å². The molecule has 3 atom stereocenters. The van der Waals surface area contributed by atoms with E-state index in [-0.39, 0.29) is 24.8 Å². The Hall–Kier alpha value is -5.99. The van der Waals surface area contributed by atoms with Gasteiger partial charge in [-0.25, -0.2) is 0 Å². The number of benzene rings is 2. The average Bonchev–Trinajstić information content (AvgIpc) is 3.23. The molecule has 0 spiro atoms. The van der Waals surface area contributed by atoms with Gasteiger partial charge in [0.15, 0.2) is 0 Å². The summed E-state index contributed by atoms with van der Waals surface area (Å²) in [5, 5.41) is 13.2. The van der Waals surface area contributed by atoms with Gasteiger partial charge in [0.2, 0.25) is 12.8 Å². The van der Waals surface area contributed by atoms with Gasteiger partial charge in [-0.2, -0.15) is 0 Å². The normalized spacial score (nSPS) is 11.0. The highest BCUT2D eigenvalue weighted by Gasteiger charge is 2.16. The zero-order valence-electron chi connectivity index (χ0n) is 34.0. The lowest BCUT2D eigenvalue weighted by Gasteiger charge is -2.23. The number of anilines is 2. The van der Waals surface area contributed by atoms with Crippen LogP contribution in [0.1, 0.15) is 71.9 Å². The van der Waals surface area contributed by atoms with E-state index in [2.05, 4.69) is 98.8 Å². The van der Waals surface area contributed by atoms with Gasteiger partial charge < -0.3 is 47.2 Å². The number of nitrogens with zero attached hydrogens (tertiary/aromatic N) is 3. The second-order valence-electron chi connectivity index (χ2n) is 12.1. The molecule has 3 amide bonds. The zero-order valence-corrected chi connectivity index (χ0v) is 34.0. The molecule has 0 bridgehead atoms. The molecule has 2 heterocycles. The Bertz CT molecular complexity index is 1580. The number of aromatic nitrogens is 2. The van der Waals surface area contributed by atoms with Gasteiger partial charge in [0.05, 0.1) is 6.04 Å². The maximum atomic E-state index is 13.3. The third-order valence-electron chi connectivity index (χ3n) is 8.30. The van der Waals surface area contributed by atoms with Crippen molar-refractivity contribution in [1.29, 1.82) is 0 Å². The molecule has 0 saturated carbocycles. The fraction of sp³-hybridized carbons (Fsp3) is 0.357. The molecule has 0 aliphatic carbocycles. The molecule has 56 heavy (non-hydrogen) atoms. The lowest BCUT2D eigenvalue weighted by molar-refractivity contribution is -0.107. The quantitative estimate of drug-likeness (QED) is 0.0744.